The largest absolute Gasteiger partial charge is 0.362 e. The Morgan fingerprint density at radius 3 is 2.95 bits per heavy atom. The molecule has 0 saturated carbocycles. The molecule has 6 nitrogen and oxygen atoms in total. The van der Waals surface area contributed by atoms with Crippen molar-refractivity contribution < 1.29 is 4.92 Å². The first kappa shape index (κ1) is 13.7. The van der Waals surface area contributed by atoms with Gasteiger partial charge < -0.3 is 10.2 Å². The van der Waals surface area contributed by atoms with Crippen molar-refractivity contribution in [2.75, 3.05) is 18.9 Å². The van der Waals surface area contributed by atoms with Crippen LogP contribution in [0.5, 0.6) is 0 Å². The summed E-state index contributed by atoms with van der Waals surface area (Å²) >= 11 is 0. The highest BCUT2D eigenvalue weighted by Crippen LogP contribution is 2.26. The Kier molecular flexibility index (Phi) is 3.99. The number of hydrogen-bond donors (Lipinski definition) is 1. The molecular formula is C13H20N4O2. The zero-order chi connectivity index (χ0) is 14.0. The smallest absolute Gasteiger partial charge is 0.311 e. The van der Waals surface area contributed by atoms with Crippen molar-refractivity contribution in [3.63, 3.8) is 0 Å². The van der Waals surface area contributed by atoms with E-state index in [-0.39, 0.29) is 16.7 Å². The number of pyridine rings is 1. The van der Waals surface area contributed by atoms with Crippen molar-refractivity contribution in [2.45, 2.75) is 38.8 Å². The standard InChI is InChI=1S/C13H20N4O2/c1-9-6-12(17(18)19)13(14-8-9)15-11-4-5-16(3)10(2)7-11/h6,8,10-11H,4-5,7H2,1-3H3,(H,14,15). The Balaban J connectivity index is 2.13. The van der Waals surface area contributed by atoms with Gasteiger partial charge in [-0.05, 0) is 39.3 Å². The highest BCUT2D eigenvalue weighted by atomic mass is 16.6. The number of nitro groups is 1. The summed E-state index contributed by atoms with van der Waals surface area (Å²) in [6.45, 7) is 4.98. The molecule has 0 radical (unpaired) electrons. The van der Waals surface area contributed by atoms with E-state index in [0.29, 0.717) is 11.9 Å². The van der Waals surface area contributed by atoms with E-state index in [1.165, 1.54) is 0 Å². The summed E-state index contributed by atoms with van der Waals surface area (Å²) < 4.78 is 0. The second-order valence-corrected chi connectivity index (χ2v) is 5.33. The van der Waals surface area contributed by atoms with Gasteiger partial charge in [0, 0.05) is 30.9 Å². The summed E-state index contributed by atoms with van der Waals surface area (Å²) in [5.74, 6) is 0.386. The number of nitrogens with zero attached hydrogens (tertiary/aromatic N) is 3. The van der Waals surface area contributed by atoms with Gasteiger partial charge in [-0.25, -0.2) is 4.98 Å². The maximum Gasteiger partial charge on any atom is 0.311 e. The van der Waals surface area contributed by atoms with Crippen LogP contribution in [0.15, 0.2) is 12.3 Å². The number of hydrogen-bond acceptors (Lipinski definition) is 5. The lowest BCUT2D eigenvalue weighted by molar-refractivity contribution is -0.384. The third kappa shape index (κ3) is 3.20. The van der Waals surface area contributed by atoms with Crippen LogP contribution in [0.4, 0.5) is 11.5 Å². The Bertz CT molecular complexity index is 478. The molecule has 0 bridgehead atoms. The minimum Gasteiger partial charge on any atom is -0.362 e. The van der Waals surface area contributed by atoms with Gasteiger partial charge in [-0.1, -0.05) is 0 Å². The highest BCUT2D eigenvalue weighted by Gasteiger charge is 2.25. The van der Waals surface area contributed by atoms with Crippen molar-refractivity contribution in [3.05, 3.63) is 27.9 Å². The predicted molar refractivity (Wildman–Crippen MR) is 74.4 cm³/mol. The molecule has 1 saturated heterocycles. The second kappa shape index (κ2) is 5.52. The van der Waals surface area contributed by atoms with Crippen molar-refractivity contribution in [3.8, 4) is 0 Å². The van der Waals surface area contributed by atoms with Crippen LogP contribution in [-0.2, 0) is 0 Å². The predicted octanol–water partition coefficient (Wildman–Crippen LogP) is 2.19. The molecule has 1 N–H and O–H groups in total. The molecule has 1 aliphatic rings. The molecular weight excluding hydrogens is 244 g/mol. The van der Waals surface area contributed by atoms with Gasteiger partial charge in [0.05, 0.1) is 4.92 Å². The fourth-order valence-corrected chi connectivity index (χ4v) is 2.42. The van der Waals surface area contributed by atoms with Crippen LogP contribution in [0.2, 0.25) is 0 Å². The summed E-state index contributed by atoms with van der Waals surface area (Å²) in [7, 11) is 2.10. The van der Waals surface area contributed by atoms with E-state index in [1.54, 1.807) is 19.2 Å². The van der Waals surface area contributed by atoms with E-state index >= 15 is 0 Å². The molecule has 2 heterocycles. The van der Waals surface area contributed by atoms with Gasteiger partial charge in [0.25, 0.3) is 0 Å². The number of nitrogens with one attached hydrogen (secondary N) is 1. The molecule has 1 aromatic rings. The molecule has 104 valence electrons. The van der Waals surface area contributed by atoms with Crippen molar-refractivity contribution >= 4 is 11.5 Å². The summed E-state index contributed by atoms with van der Waals surface area (Å²) in [6, 6.07) is 2.30. The molecule has 2 unspecified atom stereocenters. The van der Waals surface area contributed by atoms with Gasteiger partial charge in [0.1, 0.15) is 0 Å². The topological polar surface area (TPSA) is 71.3 Å². The summed E-state index contributed by atoms with van der Waals surface area (Å²) in [5.41, 5.74) is 0.862. The summed E-state index contributed by atoms with van der Waals surface area (Å²) in [4.78, 5) is 17.1. The number of aromatic nitrogens is 1. The van der Waals surface area contributed by atoms with Crippen LogP contribution in [0.3, 0.4) is 0 Å². The summed E-state index contributed by atoms with van der Waals surface area (Å²) in [6.07, 6.45) is 3.62. The molecule has 0 spiro atoms. The number of piperidine rings is 1. The van der Waals surface area contributed by atoms with Gasteiger partial charge in [-0.2, -0.15) is 0 Å². The van der Waals surface area contributed by atoms with E-state index in [4.69, 9.17) is 0 Å². The Morgan fingerprint density at radius 2 is 2.32 bits per heavy atom. The summed E-state index contributed by atoms with van der Waals surface area (Å²) in [5, 5.41) is 14.3. The van der Waals surface area contributed by atoms with Crippen molar-refractivity contribution in [1.82, 2.24) is 9.88 Å². The quantitative estimate of drug-likeness (QED) is 0.669. The average molecular weight is 264 g/mol. The Morgan fingerprint density at radius 1 is 1.58 bits per heavy atom. The maximum atomic E-state index is 11.0. The lowest BCUT2D eigenvalue weighted by Gasteiger charge is -2.35. The van der Waals surface area contributed by atoms with Crippen LogP contribution in [0.25, 0.3) is 0 Å². The molecule has 1 aromatic heterocycles. The lowest BCUT2D eigenvalue weighted by Crippen LogP contribution is -2.42. The third-order valence-electron chi connectivity index (χ3n) is 3.75. The van der Waals surface area contributed by atoms with E-state index < -0.39 is 0 Å². The molecule has 6 heteroatoms. The first-order valence-corrected chi connectivity index (χ1v) is 6.55. The van der Waals surface area contributed by atoms with Crippen LogP contribution in [0.1, 0.15) is 25.3 Å². The first-order valence-electron chi connectivity index (χ1n) is 6.55. The minimum absolute atomic E-state index is 0.0616. The molecule has 0 amide bonds. The lowest BCUT2D eigenvalue weighted by atomic mass is 9.99. The molecule has 19 heavy (non-hydrogen) atoms. The number of rotatable bonds is 3. The van der Waals surface area contributed by atoms with E-state index in [0.717, 1.165) is 24.9 Å². The number of likely N-dealkylation sites (tertiary alicyclic amines) is 1. The fourth-order valence-electron chi connectivity index (χ4n) is 2.42. The molecule has 0 aliphatic carbocycles. The van der Waals surface area contributed by atoms with Crippen LogP contribution >= 0.6 is 0 Å². The fraction of sp³-hybridized carbons (Fsp3) is 0.615. The van der Waals surface area contributed by atoms with Gasteiger partial charge in [0.2, 0.25) is 5.82 Å². The van der Waals surface area contributed by atoms with Gasteiger partial charge in [0.15, 0.2) is 0 Å². The van der Waals surface area contributed by atoms with Gasteiger partial charge in [-0.15, -0.1) is 0 Å². The van der Waals surface area contributed by atoms with Crippen molar-refractivity contribution in [1.29, 1.82) is 0 Å². The average Bonchev–Trinajstić information content (AvgIpc) is 2.36. The van der Waals surface area contributed by atoms with Gasteiger partial charge >= 0.3 is 5.69 Å². The maximum absolute atomic E-state index is 11.0. The molecule has 2 atom stereocenters. The highest BCUT2D eigenvalue weighted by molar-refractivity contribution is 5.57. The molecule has 0 aromatic carbocycles. The SMILES string of the molecule is Cc1cnc(NC2CCN(C)C(C)C2)c([N+](=O)[O-])c1. The van der Waals surface area contributed by atoms with Crippen LogP contribution < -0.4 is 5.32 Å². The van der Waals surface area contributed by atoms with Crippen LogP contribution in [0, 0.1) is 17.0 Å². The molecule has 1 aliphatic heterocycles. The Hall–Kier alpha value is -1.69. The third-order valence-corrected chi connectivity index (χ3v) is 3.75. The van der Waals surface area contributed by atoms with E-state index in [2.05, 4.69) is 29.2 Å². The molecule has 2 rings (SSSR count). The van der Waals surface area contributed by atoms with Crippen molar-refractivity contribution in [2.24, 2.45) is 0 Å². The Labute approximate surface area is 113 Å². The second-order valence-electron chi connectivity index (χ2n) is 5.33. The zero-order valence-corrected chi connectivity index (χ0v) is 11.6. The molecule has 1 fully saturated rings. The van der Waals surface area contributed by atoms with Crippen LogP contribution in [-0.4, -0.2) is 40.5 Å². The number of aryl methyl sites for hydroxylation is 1. The zero-order valence-electron chi connectivity index (χ0n) is 11.6. The van der Waals surface area contributed by atoms with Gasteiger partial charge in [-0.3, -0.25) is 10.1 Å². The van der Waals surface area contributed by atoms with E-state index in [1.807, 2.05) is 0 Å². The van der Waals surface area contributed by atoms with E-state index in [9.17, 15) is 10.1 Å². The monoisotopic (exact) mass is 264 g/mol. The number of anilines is 1. The first-order chi connectivity index (χ1) is 8.97. The minimum atomic E-state index is -0.374. The normalized spacial score (nSPS) is 24.2.